The molecule has 140 valence electrons. The Labute approximate surface area is 148 Å². The van der Waals surface area contributed by atoms with Crippen LogP contribution in [0.15, 0.2) is 12.2 Å². The standard InChI is InChI=1S/C17H28N4O4/c1-5-6-7-8-9-13(3)24-16(22)10-12(2)17(23)25-14(4)11-15-18-20-21-19-15/h13-14H,2,5-11H2,1,3-4H3,(H,18,19,20,21)/t13-,14?/m1/s1. The number of nitrogens with zero attached hydrogens (tertiary/aromatic N) is 3. The second-order valence-electron chi connectivity index (χ2n) is 6.20. The number of esters is 2. The first kappa shape index (κ1) is 20.8. The third kappa shape index (κ3) is 8.97. The summed E-state index contributed by atoms with van der Waals surface area (Å²) in [6, 6.07) is 0. The van der Waals surface area contributed by atoms with Gasteiger partial charge in [0.1, 0.15) is 6.10 Å². The summed E-state index contributed by atoms with van der Waals surface area (Å²) < 4.78 is 10.5. The maximum atomic E-state index is 12.0. The number of hydrogen-bond acceptors (Lipinski definition) is 7. The summed E-state index contributed by atoms with van der Waals surface area (Å²) in [7, 11) is 0. The molecule has 0 amide bonds. The molecule has 0 aliphatic heterocycles. The summed E-state index contributed by atoms with van der Waals surface area (Å²) in [5, 5.41) is 13.2. The van der Waals surface area contributed by atoms with Crippen molar-refractivity contribution in [2.24, 2.45) is 0 Å². The van der Waals surface area contributed by atoms with Crippen LogP contribution < -0.4 is 0 Å². The van der Waals surface area contributed by atoms with Crippen molar-refractivity contribution in [1.29, 1.82) is 0 Å². The zero-order valence-corrected chi connectivity index (χ0v) is 15.3. The van der Waals surface area contributed by atoms with E-state index >= 15 is 0 Å². The Balaban J connectivity index is 2.26. The monoisotopic (exact) mass is 352 g/mol. The molecule has 0 fully saturated rings. The second kappa shape index (κ2) is 11.3. The largest absolute Gasteiger partial charge is 0.462 e. The number of aromatic nitrogens is 4. The van der Waals surface area contributed by atoms with Gasteiger partial charge in [0.15, 0.2) is 5.82 Å². The Bertz CT molecular complexity index is 545. The molecule has 1 aromatic heterocycles. The summed E-state index contributed by atoms with van der Waals surface area (Å²) in [4.78, 5) is 23.8. The van der Waals surface area contributed by atoms with Gasteiger partial charge in [-0.15, -0.1) is 5.10 Å². The molecule has 0 saturated carbocycles. The molecule has 2 atom stereocenters. The van der Waals surface area contributed by atoms with Crippen molar-refractivity contribution in [1.82, 2.24) is 20.6 Å². The van der Waals surface area contributed by atoms with Gasteiger partial charge in [-0.25, -0.2) is 9.89 Å². The molecule has 0 aromatic carbocycles. The fourth-order valence-corrected chi connectivity index (χ4v) is 2.28. The van der Waals surface area contributed by atoms with Crippen LogP contribution in [0.1, 0.15) is 65.1 Å². The molecule has 0 aliphatic carbocycles. The van der Waals surface area contributed by atoms with Gasteiger partial charge in [-0.3, -0.25) is 4.79 Å². The lowest BCUT2D eigenvalue weighted by Crippen LogP contribution is -2.21. The summed E-state index contributed by atoms with van der Waals surface area (Å²) in [5.74, 6) is -0.563. The summed E-state index contributed by atoms with van der Waals surface area (Å²) in [5.41, 5.74) is 0.0747. The SMILES string of the molecule is C=C(CC(=O)O[C@H](C)CCCCCC)C(=O)OC(C)Cc1nnn[nH]1. The molecule has 0 radical (unpaired) electrons. The van der Waals surface area contributed by atoms with Crippen LogP contribution in [0.25, 0.3) is 0 Å². The highest BCUT2D eigenvalue weighted by molar-refractivity contribution is 5.93. The molecule has 25 heavy (non-hydrogen) atoms. The average molecular weight is 352 g/mol. The Morgan fingerprint density at radius 2 is 1.92 bits per heavy atom. The fraction of sp³-hybridized carbons (Fsp3) is 0.706. The molecule has 8 heteroatoms. The van der Waals surface area contributed by atoms with Crippen LogP contribution in [0.4, 0.5) is 0 Å². The van der Waals surface area contributed by atoms with E-state index in [9.17, 15) is 9.59 Å². The van der Waals surface area contributed by atoms with Gasteiger partial charge in [0.25, 0.3) is 0 Å². The number of nitrogens with one attached hydrogen (secondary N) is 1. The average Bonchev–Trinajstić information content (AvgIpc) is 3.04. The van der Waals surface area contributed by atoms with E-state index in [1.165, 1.54) is 12.8 Å². The zero-order valence-electron chi connectivity index (χ0n) is 15.3. The molecule has 0 spiro atoms. The zero-order chi connectivity index (χ0) is 18.7. The number of carbonyl (C=O) groups excluding carboxylic acids is 2. The molecule has 0 aliphatic rings. The summed E-state index contributed by atoms with van der Waals surface area (Å²) >= 11 is 0. The smallest absolute Gasteiger partial charge is 0.334 e. The van der Waals surface area contributed by atoms with Crippen LogP contribution in [-0.2, 0) is 25.5 Å². The molecular weight excluding hydrogens is 324 g/mol. The molecule has 0 saturated heterocycles. The number of ether oxygens (including phenoxy) is 2. The van der Waals surface area contributed by atoms with Crippen LogP contribution in [0.5, 0.6) is 0 Å². The van der Waals surface area contributed by atoms with Crippen molar-refractivity contribution < 1.29 is 19.1 Å². The van der Waals surface area contributed by atoms with Crippen LogP contribution in [0.3, 0.4) is 0 Å². The predicted octanol–water partition coefficient (Wildman–Crippen LogP) is 2.52. The van der Waals surface area contributed by atoms with Gasteiger partial charge in [0, 0.05) is 12.0 Å². The van der Waals surface area contributed by atoms with Crippen molar-refractivity contribution in [2.45, 2.75) is 77.9 Å². The molecule has 1 aromatic rings. The summed E-state index contributed by atoms with van der Waals surface area (Å²) in [6.07, 6.45) is 4.92. The number of unbranched alkanes of at least 4 members (excludes halogenated alkanes) is 3. The Kier molecular flexibility index (Phi) is 9.42. The van der Waals surface area contributed by atoms with Crippen LogP contribution in [-0.4, -0.2) is 44.8 Å². The minimum absolute atomic E-state index is 0.0747. The number of tetrazole rings is 1. The number of H-pyrrole nitrogens is 1. The lowest BCUT2D eigenvalue weighted by atomic mass is 10.1. The molecule has 0 bridgehead atoms. The second-order valence-corrected chi connectivity index (χ2v) is 6.20. The minimum Gasteiger partial charge on any atom is -0.462 e. The van der Waals surface area contributed by atoms with Gasteiger partial charge >= 0.3 is 11.9 Å². The van der Waals surface area contributed by atoms with E-state index < -0.39 is 18.0 Å². The van der Waals surface area contributed by atoms with Gasteiger partial charge in [-0.1, -0.05) is 32.8 Å². The van der Waals surface area contributed by atoms with Crippen molar-refractivity contribution in [2.75, 3.05) is 0 Å². The predicted molar refractivity (Wildman–Crippen MR) is 91.5 cm³/mol. The maximum Gasteiger partial charge on any atom is 0.334 e. The van der Waals surface area contributed by atoms with E-state index in [2.05, 4.69) is 34.1 Å². The van der Waals surface area contributed by atoms with Crippen LogP contribution in [0.2, 0.25) is 0 Å². The molecule has 1 unspecified atom stereocenters. The molecule has 1 heterocycles. The molecule has 1 N–H and O–H groups in total. The highest BCUT2D eigenvalue weighted by atomic mass is 16.5. The Hall–Kier alpha value is -2.25. The Morgan fingerprint density at radius 1 is 1.16 bits per heavy atom. The Morgan fingerprint density at radius 3 is 2.56 bits per heavy atom. The third-order valence-corrected chi connectivity index (χ3v) is 3.62. The third-order valence-electron chi connectivity index (χ3n) is 3.62. The number of hydrogen-bond donors (Lipinski definition) is 1. The van der Waals surface area contributed by atoms with E-state index in [0.717, 1.165) is 19.3 Å². The normalized spacial score (nSPS) is 13.1. The van der Waals surface area contributed by atoms with Crippen molar-refractivity contribution in [3.8, 4) is 0 Å². The number of rotatable bonds is 12. The first-order valence-electron chi connectivity index (χ1n) is 8.73. The van der Waals surface area contributed by atoms with Gasteiger partial charge in [0.2, 0.25) is 0 Å². The van der Waals surface area contributed by atoms with Crippen LogP contribution in [0, 0.1) is 0 Å². The lowest BCUT2D eigenvalue weighted by Gasteiger charge is -2.15. The van der Waals surface area contributed by atoms with Gasteiger partial charge in [-0.05, 0) is 37.1 Å². The lowest BCUT2D eigenvalue weighted by molar-refractivity contribution is -0.151. The minimum atomic E-state index is -0.618. The quantitative estimate of drug-likeness (QED) is 0.350. The first-order valence-corrected chi connectivity index (χ1v) is 8.73. The topological polar surface area (TPSA) is 107 Å². The van der Waals surface area contributed by atoms with Crippen LogP contribution >= 0.6 is 0 Å². The van der Waals surface area contributed by atoms with Gasteiger partial charge in [0.05, 0.1) is 12.5 Å². The van der Waals surface area contributed by atoms with Gasteiger partial charge < -0.3 is 9.47 Å². The van der Waals surface area contributed by atoms with Crippen molar-refractivity contribution in [3.05, 3.63) is 18.0 Å². The van der Waals surface area contributed by atoms with E-state index in [-0.39, 0.29) is 18.1 Å². The van der Waals surface area contributed by atoms with Gasteiger partial charge in [-0.2, -0.15) is 0 Å². The van der Waals surface area contributed by atoms with E-state index in [1.54, 1.807) is 6.92 Å². The molecule has 1 rings (SSSR count). The summed E-state index contributed by atoms with van der Waals surface area (Å²) in [6.45, 7) is 9.34. The van der Waals surface area contributed by atoms with Crippen molar-refractivity contribution in [3.63, 3.8) is 0 Å². The molecular formula is C17H28N4O4. The van der Waals surface area contributed by atoms with Crippen molar-refractivity contribution >= 4 is 11.9 Å². The molecule has 8 nitrogen and oxygen atoms in total. The fourth-order valence-electron chi connectivity index (χ4n) is 2.28. The highest BCUT2D eigenvalue weighted by Crippen LogP contribution is 2.11. The number of carbonyl (C=O) groups is 2. The van der Waals surface area contributed by atoms with E-state index in [4.69, 9.17) is 9.47 Å². The van der Waals surface area contributed by atoms with E-state index in [0.29, 0.717) is 12.2 Å². The first-order chi connectivity index (χ1) is 11.9. The number of aromatic amines is 1. The highest BCUT2D eigenvalue weighted by Gasteiger charge is 2.19. The maximum absolute atomic E-state index is 12.0. The van der Waals surface area contributed by atoms with E-state index in [1.807, 2.05) is 6.92 Å².